The minimum atomic E-state index is -2.49. The van der Waals surface area contributed by atoms with E-state index in [1.165, 1.54) is 0 Å². The Hall–Kier alpha value is -0.256. The normalized spacial score (nSPS) is 12.7. The van der Waals surface area contributed by atoms with Gasteiger partial charge in [-0.1, -0.05) is 19.6 Å². The van der Waals surface area contributed by atoms with E-state index in [2.05, 4.69) is 24.2 Å². The van der Waals surface area contributed by atoms with Crippen molar-refractivity contribution in [3.05, 3.63) is 0 Å². The molecule has 138 valence electrons. The fourth-order valence-electron chi connectivity index (χ4n) is 2.47. The second-order valence-electron chi connectivity index (χ2n) is 6.47. The first kappa shape index (κ1) is 22.7. The fourth-order valence-corrected chi connectivity index (χ4v) is 5.83. The molecule has 0 aliphatic rings. The molecule has 0 heterocycles. The molecule has 0 aromatic carbocycles. The number of hydrogen-bond acceptors (Lipinski definition) is 6. The Labute approximate surface area is 143 Å². The molecular weight excluding hydrogens is 330 g/mol. The molecule has 0 atom stereocenters. The Balaban J connectivity index is 4.39. The van der Waals surface area contributed by atoms with Gasteiger partial charge in [-0.05, 0) is 32.9 Å². The number of esters is 1. The molecule has 0 radical (unpaired) electrons. The molecule has 0 aromatic heterocycles. The van der Waals surface area contributed by atoms with Gasteiger partial charge in [0, 0.05) is 33.8 Å². The van der Waals surface area contributed by atoms with Crippen molar-refractivity contribution in [1.82, 2.24) is 4.57 Å². The first-order valence-corrected chi connectivity index (χ1v) is 13.7. The summed E-state index contributed by atoms with van der Waals surface area (Å²) in [6.07, 6.45) is 2.29. The van der Waals surface area contributed by atoms with Gasteiger partial charge in [0.1, 0.15) is 8.24 Å². The highest BCUT2D eigenvalue weighted by Crippen LogP contribution is 2.18. The molecule has 0 aromatic rings. The Morgan fingerprint density at radius 2 is 1.48 bits per heavy atom. The van der Waals surface area contributed by atoms with Crippen LogP contribution in [0.2, 0.25) is 25.7 Å². The molecule has 0 fully saturated rings. The average Bonchev–Trinajstić information content (AvgIpc) is 2.49. The molecule has 23 heavy (non-hydrogen) atoms. The maximum atomic E-state index is 11.5. The van der Waals surface area contributed by atoms with Crippen molar-refractivity contribution in [2.45, 2.75) is 51.9 Å². The molecule has 0 saturated heterocycles. The summed E-state index contributed by atoms with van der Waals surface area (Å²) < 4.78 is 23.9. The average molecular weight is 366 g/mol. The molecule has 8 heteroatoms. The highest BCUT2D eigenvalue weighted by Gasteiger charge is 2.37. The van der Waals surface area contributed by atoms with Gasteiger partial charge in [-0.3, -0.25) is 4.79 Å². The Kier molecular flexibility index (Phi) is 11.2. The van der Waals surface area contributed by atoms with Gasteiger partial charge in [0.15, 0.2) is 0 Å². The lowest BCUT2D eigenvalue weighted by Gasteiger charge is -2.35. The van der Waals surface area contributed by atoms with Crippen molar-refractivity contribution in [2.24, 2.45) is 0 Å². The largest absolute Gasteiger partial charge is 0.500 e. The molecule has 0 aliphatic carbocycles. The predicted octanol–water partition coefficient (Wildman–Crippen LogP) is 2.73. The maximum absolute atomic E-state index is 11.5. The molecular formula is C15H35NO5Si2. The van der Waals surface area contributed by atoms with Crippen LogP contribution in [0.3, 0.4) is 0 Å². The summed E-state index contributed by atoms with van der Waals surface area (Å²) in [6, 6.07) is 0.801. The van der Waals surface area contributed by atoms with Crippen LogP contribution in [0, 0.1) is 0 Å². The van der Waals surface area contributed by atoms with E-state index in [0.29, 0.717) is 13.0 Å². The van der Waals surface area contributed by atoms with Gasteiger partial charge in [0.25, 0.3) is 0 Å². The third-order valence-electron chi connectivity index (χ3n) is 3.91. The second-order valence-corrected chi connectivity index (χ2v) is 14.5. The van der Waals surface area contributed by atoms with Gasteiger partial charge in [0.2, 0.25) is 0 Å². The van der Waals surface area contributed by atoms with Gasteiger partial charge >= 0.3 is 14.8 Å². The van der Waals surface area contributed by atoms with Gasteiger partial charge in [-0.25, -0.2) is 0 Å². The van der Waals surface area contributed by atoms with Crippen molar-refractivity contribution in [3.8, 4) is 0 Å². The molecule has 0 rings (SSSR count). The number of carbonyl (C=O) groups excluding carboxylic acids is 1. The van der Waals surface area contributed by atoms with E-state index in [9.17, 15) is 4.79 Å². The Morgan fingerprint density at radius 1 is 0.957 bits per heavy atom. The van der Waals surface area contributed by atoms with Crippen LogP contribution in [0.5, 0.6) is 0 Å². The summed E-state index contributed by atoms with van der Waals surface area (Å²) in [4.78, 5) is 11.5. The SMILES string of the molecule is CCOC(=O)CCCN(CCC[Si](OC)(OC)OC)[Si](C)(C)C. The van der Waals surface area contributed by atoms with Crippen LogP contribution in [0.4, 0.5) is 0 Å². The second kappa shape index (κ2) is 11.3. The van der Waals surface area contributed by atoms with E-state index in [1.54, 1.807) is 21.3 Å². The molecule has 0 spiro atoms. The van der Waals surface area contributed by atoms with Crippen LogP contribution in [-0.4, -0.2) is 68.6 Å². The fraction of sp³-hybridized carbons (Fsp3) is 0.933. The van der Waals surface area contributed by atoms with E-state index in [0.717, 1.165) is 32.0 Å². The van der Waals surface area contributed by atoms with Crippen molar-refractivity contribution in [3.63, 3.8) is 0 Å². The number of nitrogens with zero attached hydrogens (tertiary/aromatic N) is 1. The van der Waals surface area contributed by atoms with E-state index >= 15 is 0 Å². The van der Waals surface area contributed by atoms with Crippen LogP contribution < -0.4 is 0 Å². The third kappa shape index (κ3) is 8.97. The highest BCUT2D eigenvalue weighted by atomic mass is 28.4. The summed E-state index contributed by atoms with van der Waals surface area (Å²) in [5, 5.41) is 0. The van der Waals surface area contributed by atoms with Gasteiger partial charge in [-0.2, -0.15) is 0 Å². The number of carbonyl (C=O) groups is 1. The van der Waals surface area contributed by atoms with Crippen LogP contribution in [0.15, 0.2) is 0 Å². The van der Waals surface area contributed by atoms with Crippen LogP contribution >= 0.6 is 0 Å². The standard InChI is InChI=1S/C15H35NO5Si2/c1-8-21-15(17)11-9-12-16(22(5,6)7)13-10-14-23(18-2,19-3)20-4/h8-14H2,1-7H3. The zero-order valence-corrected chi connectivity index (χ0v) is 17.9. The van der Waals surface area contributed by atoms with Crippen molar-refractivity contribution >= 4 is 23.0 Å². The topological polar surface area (TPSA) is 57.2 Å². The molecule has 0 N–H and O–H groups in total. The molecule has 0 bridgehead atoms. The number of hydrogen-bond donors (Lipinski definition) is 0. The Bertz CT molecular complexity index is 324. The monoisotopic (exact) mass is 365 g/mol. The first-order chi connectivity index (χ1) is 10.7. The summed E-state index contributed by atoms with van der Waals surface area (Å²) >= 11 is 0. The maximum Gasteiger partial charge on any atom is 0.500 e. The lowest BCUT2D eigenvalue weighted by molar-refractivity contribution is -0.143. The molecule has 0 amide bonds. The van der Waals surface area contributed by atoms with Crippen LogP contribution in [0.1, 0.15) is 26.2 Å². The van der Waals surface area contributed by atoms with E-state index in [1.807, 2.05) is 6.92 Å². The first-order valence-electron chi connectivity index (χ1n) is 8.30. The number of ether oxygens (including phenoxy) is 1. The van der Waals surface area contributed by atoms with Crippen LogP contribution in [0.25, 0.3) is 0 Å². The molecule has 0 saturated carbocycles. The highest BCUT2D eigenvalue weighted by molar-refractivity contribution is 6.73. The van der Waals surface area contributed by atoms with Gasteiger partial charge in [0.05, 0.1) is 6.61 Å². The van der Waals surface area contributed by atoms with Crippen LogP contribution in [-0.2, 0) is 22.8 Å². The summed E-state index contributed by atoms with van der Waals surface area (Å²) in [5.74, 6) is -0.104. The quantitative estimate of drug-likeness (QED) is 0.369. The zero-order chi connectivity index (χ0) is 17.9. The minimum Gasteiger partial charge on any atom is -0.466 e. The zero-order valence-electron chi connectivity index (χ0n) is 15.9. The predicted molar refractivity (Wildman–Crippen MR) is 97.0 cm³/mol. The molecule has 6 nitrogen and oxygen atoms in total. The smallest absolute Gasteiger partial charge is 0.466 e. The molecule has 0 aliphatic heterocycles. The Morgan fingerprint density at radius 3 is 1.91 bits per heavy atom. The van der Waals surface area contributed by atoms with Gasteiger partial charge in [-0.15, -0.1) is 0 Å². The minimum absolute atomic E-state index is 0.104. The van der Waals surface area contributed by atoms with E-state index < -0.39 is 17.0 Å². The van der Waals surface area contributed by atoms with Crippen molar-refractivity contribution < 1.29 is 22.8 Å². The third-order valence-corrected chi connectivity index (χ3v) is 9.08. The summed E-state index contributed by atoms with van der Waals surface area (Å²) in [7, 11) is 1.02. The van der Waals surface area contributed by atoms with E-state index in [4.69, 9.17) is 18.0 Å². The summed E-state index contributed by atoms with van der Waals surface area (Å²) in [5.41, 5.74) is 0. The lowest BCUT2D eigenvalue weighted by Crippen LogP contribution is -2.48. The van der Waals surface area contributed by atoms with Gasteiger partial charge < -0.3 is 22.6 Å². The van der Waals surface area contributed by atoms with Crippen molar-refractivity contribution in [2.75, 3.05) is 41.0 Å². The van der Waals surface area contributed by atoms with E-state index in [-0.39, 0.29) is 5.97 Å². The van der Waals surface area contributed by atoms with Crippen molar-refractivity contribution in [1.29, 1.82) is 0 Å². The number of rotatable bonds is 13. The molecule has 0 unspecified atom stereocenters. The lowest BCUT2D eigenvalue weighted by atomic mass is 10.3. The summed E-state index contributed by atoms with van der Waals surface area (Å²) in [6.45, 7) is 11.2.